The predicted octanol–water partition coefficient (Wildman–Crippen LogP) is 7.16. The van der Waals surface area contributed by atoms with Crippen LogP contribution in [0, 0.1) is 3.57 Å². The number of imide groups is 1. The van der Waals surface area contributed by atoms with Crippen LogP contribution >= 0.6 is 22.6 Å². The first kappa shape index (κ1) is 31.2. The molecule has 1 aromatic heterocycles. The number of amides is 2. The van der Waals surface area contributed by atoms with Crippen LogP contribution < -0.4 is 9.47 Å². The molecule has 0 bridgehead atoms. The molecule has 1 unspecified atom stereocenters. The Bertz CT molecular complexity index is 1760. The van der Waals surface area contributed by atoms with E-state index in [-0.39, 0.29) is 38.0 Å². The maximum absolute atomic E-state index is 14.4. The number of carbonyl (C=O) groups is 2. The van der Waals surface area contributed by atoms with Gasteiger partial charge in [0.05, 0.1) is 17.7 Å². The molecule has 1 aliphatic heterocycles. The molecule has 1 aliphatic rings. The average molecular weight is 726 g/mol. The number of nitrogens with zero attached hydrogens (tertiary/aromatic N) is 3. The summed E-state index contributed by atoms with van der Waals surface area (Å²) >= 11 is 2.23. The van der Waals surface area contributed by atoms with Gasteiger partial charge in [0.25, 0.3) is 5.88 Å². The van der Waals surface area contributed by atoms with Crippen molar-refractivity contribution in [2.24, 2.45) is 0 Å². The van der Waals surface area contributed by atoms with Gasteiger partial charge in [-0.05, 0) is 63.4 Å². The highest BCUT2D eigenvalue weighted by Crippen LogP contribution is 2.35. The fraction of sp³-hybridized carbons (Fsp3) is 0.189. The van der Waals surface area contributed by atoms with Gasteiger partial charge >= 0.3 is 6.09 Å². The molecule has 8 nitrogen and oxygen atoms in total. The van der Waals surface area contributed by atoms with Crippen molar-refractivity contribution in [3.8, 4) is 11.6 Å². The van der Waals surface area contributed by atoms with Crippen molar-refractivity contribution in [2.45, 2.75) is 38.0 Å². The molecule has 9 heteroatoms. The van der Waals surface area contributed by atoms with Gasteiger partial charge in [0.2, 0.25) is 11.7 Å². The summed E-state index contributed by atoms with van der Waals surface area (Å²) in [6, 6.07) is 36.6. The number of hydrogen-bond acceptors (Lipinski definition) is 7. The first-order valence-electron chi connectivity index (χ1n) is 15.0. The molecule has 0 N–H and O–H groups in total. The molecular weight excluding hydrogens is 693 g/mol. The van der Waals surface area contributed by atoms with E-state index in [1.165, 1.54) is 11.2 Å². The Morgan fingerprint density at radius 3 is 2.02 bits per heavy atom. The number of benzene rings is 4. The van der Waals surface area contributed by atoms with E-state index in [4.69, 9.17) is 14.2 Å². The Morgan fingerprint density at radius 1 is 0.804 bits per heavy atom. The van der Waals surface area contributed by atoms with Crippen LogP contribution in [0.15, 0.2) is 122 Å². The van der Waals surface area contributed by atoms with Gasteiger partial charge in [0.1, 0.15) is 26.1 Å². The summed E-state index contributed by atoms with van der Waals surface area (Å²) in [6.45, 7) is 0.664. The molecule has 2 amide bonds. The van der Waals surface area contributed by atoms with Crippen molar-refractivity contribution in [3.05, 3.63) is 153 Å². The van der Waals surface area contributed by atoms with Crippen LogP contribution in [-0.4, -0.2) is 39.5 Å². The van der Waals surface area contributed by atoms with Crippen LogP contribution in [0.4, 0.5) is 4.79 Å². The molecule has 0 spiro atoms. The Labute approximate surface area is 281 Å². The summed E-state index contributed by atoms with van der Waals surface area (Å²) in [5.41, 5.74) is 4.20. The SMILES string of the molecule is O=C1OC[C@H](Cc2ccccc2)N1C(=O)C(Cc1ncnc(OCc2ccccc2)c1OCc1ccccc1)c1ccc(I)cc1. The number of carbonyl (C=O) groups excluding carboxylic acids is 2. The van der Waals surface area contributed by atoms with Crippen LogP contribution in [0.1, 0.15) is 33.9 Å². The van der Waals surface area contributed by atoms with Crippen molar-refractivity contribution >= 4 is 34.6 Å². The Morgan fingerprint density at radius 2 is 1.39 bits per heavy atom. The number of ether oxygens (including phenoxy) is 3. The van der Waals surface area contributed by atoms with Gasteiger partial charge in [-0.2, -0.15) is 4.98 Å². The highest BCUT2D eigenvalue weighted by molar-refractivity contribution is 14.1. The molecule has 0 radical (unpaired) electrons. The number of rotatable bonds is 12. The normalized spacial score (nSPS) is 14.8. The fourth-order valence-corrected chi connectivity index (χ4v) is 5.77. The Kier molecular flexibility index (Phi) is 10.2. The van der Waals surface area contributed by atoms with Crippen LogP contribution in [0.2, 0.25) is 0 Å². The third-order valence-corrected chi connectivity index (χ3v) is 8.49. The molecule has 1 fully saturated rings. The van der Waals surface area contributed by atoms with Crippen molar-refractivity contribution in [3.63, 3.8) is 0 Å². The number of cyclic esters (lactones) is 1. The van der Waals surface area contributed by atoms with E-state index in [0.29, 0.717) is 17.9 Å². The lowest BCUT2D eigenvalue weighted by atomic mass is 9.91. The molecular formula is C37H32IN3O5. The smallest absolute Gasteiger partial charge is 0.417 e. The minimum absolute atomic E-state index is 0.134. The van der Waals surface area contributed by atoms with Crippen molar-refractivity contribution in [2.75, 3.05) is 6.61 Å². The van der Waals surface area contributed by atoms with Gasteiger partial charge in [-0.25, -0.2) is 14.7 Å². The molecule has 6 rings (SSSR count). The van der Waals surface area contributed by atoms with Gasteiger partial charge in [-0.3, -0.25) is 4.79 Å². The average Bonchev–Trinajstić information content (AvgIpc) is 3.46. The van der Waals surface area contributed by atoms with Gasteiger partial charge < -0.3 is 14.2 Å². The zero-order valence-electron chi connectivity index (χ0n) is 25.0. The third kappa shape index (κ3) is 7.71. The summed E-state index contributed by atoms with van der Waals surface area (Å²) < 4.78 is 19.0. The molecule has 5 aromatic rings. The summed E-state index contributed by atoms with van der Waals surface area (Å²) in [4.78, 5) is 37.8. The van der Waals surface area contributed by atoms with Crippen LogP contribution in [0.5, 0.6) is 11.6 Å². The first-order valence-corrected chi connectivity index (χ1v) is 16.1. The summed E-state index contributed by atoms with van der Waals surface area (Å²) in [7, 11) is 0. The zero-order valence-corrected chi connectivity index (χ0v) is 27.2. The maximum Gasteiger partial charge on any atom is 0.417 e. The monoisotopic (exact) mass is 725 g/mol. The van der Waals surface area contributed by atoms with E-state index in [2.05, 4.69) is 32.6 Å². The van der Waals surface area contributed by atoms with E-state index in [1.807, 2.05) is 115 Å². The molecule has 2 heterocycles. The summed E-state index contributed by atoms with van der Waals surface area (Å²) in [5.74, 6) is -0.475. The lowest BCUT2D eigenvalue weighted by Gasteiger charge is -2.26. The van der Waals surface area contributed by atoms with Crippen LogP contribution in [0.3, 0.4) is 0 Å². The highest BCUT2D eigenvalue weighted by atomic mass is 127. The number of aromatic nitrogens is 2. The van der Waals surface area contributed by atoms with E-state index in [9.17, 15) is 9.59 Å². The van der Waals surface area contributed by atoms with E-state index < -0.39 is 18.1 Å². The van der Waals surface area contributed by atoms with E-state index >= 15 is 0 Å². The van der Waals surface area contributed by atoms with Gasteiger partial charge in [-0.1, -0.05) is 103 Å². The summed E-state index contributed by atoms with van der Waals surface area (Å²) in [6.07, 6.45) is 1.42. The van der Waals surface area contributed by atoms with Crippen molar-refractivity contribution < 1.29 is 23.8 Å². The predicted molar refractivity (Wildman–Crippen MR) is 181 cm³/mol. The van der Waals surface area contributed by atoms with Crippen molar-refractivity contribution in [1.82, 2.24) is 14.9 Å². The second kappa shape index (κ2) is 15.0. The zero-order chi connectivity index (χ0) is 31.7. The largest absolute Gasteiger partial charge is 0.482 e. The van der Waals surface area contributed by atoms with Gasteiger partial charge in [0.15, 0.2) is 0 Å². The fourth-order valence-electron chi connectivity index (χ4n) is 5.41. The van der Waals surface area contributed by atoms with Crippen LogP contribution in [0.25, 0.3) is 0 Å². The minimum atomic E-state index is -0.753. The quantitative estimate of drug-likeness (QED) is 0.126. The highest BCUT2D eigenvalue weighted by Gasteiger charge is 2.41. The maximum atomic E-state index is 14.4. The van der Waals surface area contributed by atoms with Gasteiger partial charge in [0, 0.05) is 9.99 Å². The lowest BCUT2D eigenvalue weighted by molar-refractivity contribution is -0.130. The second-order valence-corrected chi connectivity index (χ2v) is 12.2. The first-order chi connectivity index (χ1) is 22.5. The Hall–Kier alpha value is -4.77. The topological polar surface area (TPSA) is 90.9 Å². The van der Waals surface area contributed by atoms with Crippen molar-refractivity contribution in [1.29, 1.82) is 0 Å². The third-order valence-electron chi connectivity index (χ3n) is 7.77. The van der Waals surface area contributed by atoms with E-state index in [0.717, 1.165) is 25.8 Å². The molecule has 0 saturated carbocycles. The molecule has 1 saturated heterocycles. The van der Waals surface area contributed by atoms with Gasteiger partial charge in [-0.15, -0.1) is 0 Å². The number of halogens is 1. The molecule has 0 aliphatic carbocycles. The molecule has 46 heavy (non-hydrogen) atoms. The summed E-state index contributed by atoms with van der Waals surface area (Å²) in [5, 5.41) is 0. The van der Waals surface area contributed by atoms with Crippen LogP contribution in [-0.2, 0) is 35.6 Å². The molecule has 232 valence electrons. The molecule has 4 aromatic carbocycles. The standard InChI is InChI=1S/C37H32IN3O5/c38-30-18-16-29(17-19-30)32(36(42)41-31(24-46-37(41)43)20-26-10-4-1-5-11-26)21-33-34(44-22-27-12-6-2-7-13-27)35(40-25-39-33)45-23-28-14-8-3-9-15-28/h1-19,25,31-32H,20-24H2/t31-,32?/m0/s1. The molecule has 2 atom stereocenters. The van der Waals surface area contributed by atoms with E-state index in [1.54, 1.807) is 0 Å². The minimum Gasteiger partial charge on any atom is -0.482 e. The number of hydrogen-bond donors (Lipinski definition) is 0. The second-order valence-electron chi connectivity index (χ2n) is 10.9. The Balaban J connectivity index is 1.34. The lowest BCUT2D eigenvalue weighted by Crippen LogP contribution is -2.43.